The first-order valence-electron chi connectivity index (χ1n) is 3.66. The Morgan fingerprint density at radius 3 is 3.00 bits per heavy atom. The summed E-state index contributed by atoms with van der Waals surface area (Å²) in [5.41, 5.74) is 0. The molecule has 1 saturated carbocycles. The summed E-state index contributed by atoms with van der Waals surface area (Å²) >= 11 is 0. The van der Waals surface area contributed by atoms with Crippen LogP contribution in [-0.4, -0.2) is 23.9 Å². The van der Waals surface area contributed by atoms with Gasteiger partial charge < -0.3 is 9.84 Å². The van der Waals surface area contributed by atoms with E-state index in [9.17, 15) is 0 Å². The van der Waals surface area contributed by atoms with E-state index >= 15 is 0 Å². The summed E-state index contributed by atoms with van der Waals surface area (Å²) in [4.78, 5) is 0. The molecule has 52 valence electrons. The van der Waals surface area contributed by atoms with Crippen molar-refractivity contribution in [3.05, 3.63) is 0 Å². The number of hydrogen-bond acceptors (Lipinski definition) is 2. The van der Waals surface area contributed by atoms with E-state index in [4.69, 9.17) is 9.84 Å². The fourth-order valence-corrected chi connectivity index (χ4v) is 1.94. The fraction of sp³-hybridized carbons (Fsp3) is 1.00. The summed E-state index contributed by atoms with van der Waals surface area (Å²) in [6.45, 7) is 0.919. The summed E-state index contributed by atoms with van der Waals surface area (Å²) in [6, 6.07) is 0. The minimum absolute atomic E-state index is 0.0692. The van der Waals surface area contributed by atoms with Crippen LogP contribution < -0.4 is 0 Å². The van der Waals surface area contributed by atoms with E-state index in [2.05, 4.69) is 0 Å². The zero-order valence-corrected chi connectivity index (χ0v) is 5.42. The molecule has 0 radical (unpaired) electrons. The normalized spacial score (nSPS) is 49.7. The van der Waals surface area contributed by atoms with E-state index < -0.39 is 0 Å². The van der Waals surface area contributed by atoms with E-state index in [0.29, 0.717) is 12.0 Å². The molecule has 0 aromatic heterocycles. The van der Waals surface area contributed by atoms with Crippen molar-refractivity contribution in [3.63, 3.8) is 0 Å². The largest absolute Gasteiger partial charge is 0.393 e. The highest BCUT2D eigenvalue weighted by Crippen LogP contribution is 2.35. The maximum Gasteiger partial charge on any atom is 0.0629 e. The van der Waals surface area contributed by atoms with E-state index in [0.717, 1.165) is 19.4 Å². The van der Waals surface area contributed by atoms with Crippen LogP contribution in [0.25, 0.3) is 0 Å². The van der Waals surface area contributed by atoms with Gasteiger partial charge in [-0.15, -0.1) is 0 Å². The van der Waals surface area contributed by atoms with Crippen molar-refractivity contribution in [1.82, 2.24) is 0 Å². The third-order valence-electron chi connectivity index (χ3n) is 2.43. The van der Waals surface area contributed by atoms with Gasteiger partial charge in [-0.3, -0.25) is 0 Å². The third-order valence-corrected chi connectivity index (χ3v) is 2.43. The van der Waals surface area contributed by atoms with Crippen molar-refractivity contribution < 1.29 is 9.84 Å². The topological polar surface area (TPSA) is 29.5 Å². The molecule has 0 spiro atoms. The van der Waals surface area contributed by atoms with Crippen LogP contribution in [0, 0.1) is 5.92 Å². The van der Waals surface area contributed by atoms with E-state index in [1.54, 1.807) is 0 Å². The van der Waals surface area contributed by atoms with Crippen molar-refractivity contribution in [1.29, 1.82) is 0 Å². The molecule has 0 bridgehead atoms. The minimum Gasteiger partial charge on any atom is -0.393 e. The maximum absolute atomic E-state index is 9.16. The lowest BCUT2D eigenvalue weighted by molar-refractivity contribution is 0.0822. The third kappa shape index (κ3) is 0.864. The molecule has 1 saturated heterocycles. The highest BCUT2D eigenvalue weighted by atomic mass is 16.5. The second kappa shape index (κ2) is 1.96. The number of rotatable bonds is 0. The molecule has 0 aromatic carbocycles. The average molecular weight is 128 g/mol. The van der Waals surface area contributed by atoms with Crippen LogP contribution in [-0.2, 0) is 4.74 Å². The van der Waals surface area contributed by atoms with Crippen LogP contribution >= 0.6 is 0 Å². The zero-order valence-electron chi connectivity index (χ0n) is 5.42. The van der Waals surface area contributed by atoms with Gasteiger partial charge in [0.15, 0.2) is 0 Å². The first-order chi connectivity index (χ1) is 4.36. The Hall–Kier alpha value is -0.0800. The summed E-state index contributed by atoms with van der Waals surface area (Å²) in [5.74, 6) is 0.681. The first-order valence-corrected chi connectivity index (χ1v) is 3.66. The minimum atomic E-state index is -0.0692. The molecule has 2 rings (SSSR count). The second-order valence-corrected chi connectivity index (χ2v) is 3.08. The molecule has 1 aliphatic heterocycles. The van der Waals surface area contributed by atoms with Gasteiger partial charge in [0.05, 0.1) is 12.2 Å². The quantitative estimate of drug-likeness (QED) is 0.516. The van der Waals surface area contributed by atoms with E-state index in [-0.39, 0.29) is 6.10 Å². The highest BCUT2D eigenvalue weighted by Gasteiger charge is 2.37. The molecule has 2 fully saturated rings. The predicted octanol–water partition coefficient (Wildman–Crippen LogP) is 0.546. The van der Waals surface area contributed by atoms with Gasteiger partial charge in [-0.2, -0.15) is 0 Å². The number of aliphatic hydroxyl groups excluding tert-OH is 1. The van der Waals surface area contributed by atoms with Crippen molar-refractivity contribution >= 4 is 0 Å². The fourth-order valence-electron chi connectivity index (χ4n) is 1.94. The lowest BCUT2D eigenvalue weighted by Gasteiger charge is -2.03. The van der Waals surface area contributed by atoms with Crippen molar-refractivity contribution in [2.45, 2.75) is 31.5 Å². The summed E-state index contributed by atoms with van der Waals surface area (Å²) < 4.78 is 5.39. The SMILES string of the molecule is OC1CC2CCOC2C1. The molecule has 1 aliphatic carbocycles. The molecule has 2 aliphatic rings. The summed E-state index contributed by atoms with van der Waals surface area (Å²) in [7, 11) is 0. The van der Waals surface area contributed by atoms with E-state index in [1.807, 2.05) is 0 Å². The molecule has 9 heavy (non-hydrogen) atoms. The van der Waals surface area contributed by atoms with Crippen molar-refractivity contribution in [2.24, 2.45) is 5.92 Å². The Kier molecular flexibility index (Phi) is 1.24. The Labute approximate surface area is 54.8 Å². The van der Waals surface area contributed by atoms with Gasteiger partial charge in [0.25, 0.3) is 0 Å². The molecule has 3 atom stereocenters. The molecular formula is C7H12O2. The molecule has 3 unspecified atom stereocenters. The van der Waals surface area contributed by atoms with E-state index in [1.165, 1.54) is 6.42 Å². The Morgan fingerprint density at radius 1 is 1.33 bits per heavy atom. The number of fused-ring (bicyclic) bond motifs is 1. The predicted molar refractivity (Wildman–Crippen MR) is 33.1 cm³/mol. The lowest BCUT2D eigenvalue weighted by Crippen LogP contribution is -2.07. The Bertz CT molecular complexity index is 101. The van der Waals surface area contributed by atoms with Gasteiger partial charge in [-0.05, 0) is 25.2 Å². The van der Waals surface area contributed by atoms with Gasteiger partial charge in [0.2, 0.25) is 0 Å². The van der Waals surface area contributed by atoms with Gasteiger partial charge in [0, 0.05) is 6.61 Å². The highest BCUT2D eigenvalue weighted by molar-refractivity contribution is 4.87. The van der Waals surface area contributed by atoms with Gasteiger partial charge in [0.1, 0.15) is 0 Å². The zero-order chi connectivity index (χ0) is 6.27. The number of aliphatic hydroxyl groups is 1. The molecule has 1 heterocycles. The monoisotopic (exact) mass is 128 g/mol. The molecule has 1 N–H and O–H groups in total. The van der Waals surface area contributed by atoms with Gasteiger partial charge in [-0.25, -0.2) is 0 Å². The Morgan fingerprint density at radius 2 is 2.22 bits per heavy atom. The van der Waals surface area contributed by atoms with Crippen LogP contribution in [0.15, 0.2) is 0 Å². The average Bonchev–Trinajstić information content (AvgIpc) is 2.22. The van der Waals surface area contributed by atoms with Crippen molar-refractivity contribution in [3.8, 4) is 0 Å². The number of hydrogen-bond donors (Lipinski definition) is 1. The van der Waals surface area contributed by atoms with Crippen LogP contribution in [0.2, 0.25) is 0 Å². The van der Waals surface area contributed by atoms with Crippen molar-refractivity contribution in [2.75, 3.05) is 6.61 Å². The molecule has 2 nitrogen and oxygen atoms in total. The van der Waals surface area contributed by atoms with Gasteiger partial charge >= 0.3 is 0 Å². The smallest absolute Gasteiger partial charge is 0.0629 e. The second-order valence-electron chi connectivity index (χ2n) is 3.08. The molecule has 2 heteroatoms. The van der Waals surface area contributed by atoms with Crippen LogP contribution in [0.5, 0.6) is 0 Å². The lowest BCUT2D eigenvalue weighted by atomic mass is 10.1. The maximum atomic E-state index is 9.16. The first kappa shape index (κ1) is 5.69. The van der Waals surface area contributed by atoms with Crippen LogP contribution in [0.4, 0.5) is 0 Å². The van der Waals surface area contributed by atoms with Crippen LogP contribution in [0.1, 0.15) is 19.3 Å². The van der Waals surface area contributed by atoms with Gasteiger partial charge in [-0.1, -0.05) is 0 Å². The standard InChI is InChI=1S/C7H12O2/c8-6-3-5-1-2-9-7(5)4-6/h5-8H,1-4H2. The summed E-state index contributed by atoms with van der Waals surface area (Å²) in [6.07, 6.45) is 3.36. The van der Waals surface area contributed by atoms with Crippen LogP contribution in [0.3, 0.4) is 0 Å². The molecule has 0 amide bonds. The molecular weight excluding hydrogens is 116 g/mol. The molecule has 0 aromatic rings. The Balaban J connectivity index is 2.02. The number of ether oxygens (including phenoxy) is 1. The summed E-state index contributed by atoms with van der Waals surface area (Å²) in [5, 5.41) is 9.16.